The molecule has 0 aromatic rings. The lowest BCUT2D eigenvalue weighted by molar-refractivity contribution is 0.127. The van der Waals surface area contributed by atoms with Crippen LogP contribution in [0.1, 0.15) is 40.0 Å². The average Bonchev–Trinajstić information content (AvgIpc) is 3.09. The number of nitrogens with zero attached hydrogens (tertiary/aromatic N) is 1. The molecule has 1 N–H and O–H groups in total. The Bertz CT molecular complexity index is 324. The fourth-order valence-electron chi connectivity index (χ4n) is 2.69. The molecule has 102 valence electrons. The summed E-state index contributed by atoms with van der Waals surface area (Å²) in [6.45, 7) is 7.27. The van der Waals surface area contributed by atoms with Gasteiger partial charge in [0.15, 0.2) is 0 Å². The van der Waals surface area contributed by atoms with Crippen molar-refractivity contribution < 1.29 is 4.74 Å². The number of hydrogen-bond acceptors (Lipinski definition) is 4. The predicted molar refractivity (Wildman–Crippen MR) is 75.6 cm³/mol. The van der Waals surface area contributed by atoms with Crippen molar-refractivity contribution in [3.05, 3.63) is 0 Å². The van der Waals surface area contributed by atoms with Crippen LogP contribution in [0.3, 0.4) is 0 Å². The van der Waals surface area contributed by atoms with Gasteiger partial charge in [0, 0.05) is 23.7 Å². The van der Waals surface area contributed by atoms with Crippen LogP contribution < -0.4 is 5.32 Å². The average molecular weight is 268 g/mol. The molecule has 3 unspecified atom stereocenters. The van der Waals surface area contributed by atoms with Crippen LogP contribution in [0.4, 0.5) is 0 Å². The SMILES string of the molecule is CC(C)NC(C#N)(CSC1CCOC1C)C1CC1. The van der Waals surface area contributed by atoms with Crippen molar-refractivity contribution in [2.75, 3.05) is 12.4 Å². The maximum atomic E-state index is 9.62. The molecule has 2 rings (SSSR count). The largest absolute Gasteiger partial charge is 0.377 e. The Hall–Kier alpha value is -0.240. The van der Waals surface area contributed by atoms with Crippen LogP contribution in [-0.4, -0.2) is 35.3 Å². The first-order valence-electron chi connectivity index (χ1n) is 6.99. The zero-order chi connectivity index (χ0) is 13.2. The van der Waals surface area contributed by atoms with Crippen molar-refractivity contribution in [2.24, 2.45) is 5.92 Å². The van der Waals surface area contributed by atoms with E-state index in [1.165, 1.54) is 12.8 Å². The van der Waals surface area contributed by atoms with E-state index in [1.807, 2.05) is 11.8 Å². The molecule has 3 nitrogen and oxygen atoms in total. The molecular formula is C14H24N2OS. The minimum Gasteiger partial charge on any atom is -0.377 e. The van der Waals surface area contributed by atoms with Crippen molar-refractivity contribution in [1.29, 1.82) is 5.26 Å². The molecule has 1 aliphatic heterocycles. The van der Waals surface area contributed by atoms with E-state index >= 15 is 0 Å². The zero-order valence-corrected chi connectivity index (χ0v) is 12.4. The smallest absolute Gasteiger partial charge is 0.118 e. The highest BCUT2D eigenvalue weighted by atomic mass is 32.2. The molecule has 1 saturated carbocycles. The summed E-state index contributed by atoms with van der Waals surface area (Å²) >= 11 is 1.92. The number of thioether (sulfide) groups is 1. The number of ether oxygens (including phenoxy) is 1. The van der Waals surface area contributed by atoms with Gasteiger partial charge in [-0.3, -0.25) is 5.32 Å². The van der Waals surface area contributed by atoms with Gasteiger partial charge in [-0.05, 0) is 46.0 Å². The van der Waals surface area contributed by atoms with Gasteiger partial charge in [-0.2, -0.15) is 17.0 Å². The van der Waals surface area contributed by atoms with E-state index in [1.54, 1.807) is 0 Å². The quantitative estimate of drug-likeness (QED) is 0.804. The first-order chi connectivity index (χ1) is 8.57. The van der Waals surface area contributed by atoms with Gasteiger partial charge >= 0.3 is 0 Å². The van der Waals surface area contributed by atoms with Crippen molar-refractivity contribution in [3.8, 4) is 6.07 Å². The molecule has 2 fully saturated rings. The van der Waals surface area contributed by atoms with Crippen molar-refractivity contribution >= 4 is 11.8 Å². The topological polar surface area (TPSA) is 45.0 Å². The second-order valence-corrected chi connectivity index (χ2v) is 7.10. The Kier molecular flexibility index (Phi) is 4.58. The molecule has 0 spiro atoms. The lowest BCUT2D eigenvalue weighted by Gasteiger charge is -2.31. The summed E-state index contributed by atoms with van der Waals surface area (Å²) in [7, 11) is 0. The Labute approximate surface area is 115 Å². The van der Waals surface area contributed by atoms with Gasteiger partial charge in [0.1, 0.15) is 5.54 Å². The standard InChI is InChI=1S/C14H24N2OS/c1-10(2)16-14(8-15,12-4-5-12)9-18-13-6-7-17-11(13)3/h10-13,16H,4-7,9H2,1-3H3. The van der Waals surface area contributed by atoms with Crippen LogP contribution in [0.25, 0.3) is 0 Å². The number of rotatable bonds is 6. The molecule has 18 heavy (non-hydrogen) atoms. The molecule has 4 heteroatoms. The van der Waals surface area contributed by atoms with Crippen LogP contribution in [0.15, 0.2) is 0 Å². The second-order valence-electron chi connectivity index (χ2n) is 5.87. The first-order valence-corrected chi connectivity index (χ1v) is 8.04. The molecule has 2 aliphatic rings. The highest BCUT2D eigenvalue weighted by Gasteiger charge is 2.46. The minimum atomic E-state index is -0.318. The maximum Gasteiger partial charge on any atom is 0.118 e. The van der Waals surface area contributed by atoms with Crippen LogP contribution in [0.2, 0.25) is 0 Å². The summed E-state index contributed by atoms with van der Waals surface area (Å²) in [5.74, 6) is 1.44. The third kappa shape index (κ3) is 3.20. The molecule has 0 aromatic heterocycles. The molecule has 3 atom stereocenters. The maximum absolute atomic E-state index is 9.62. The summed E-state index contributed by atoms with van der Waals surface area (Å²) in [5, 5.41) is 13.7. The van der Waals surface area contributed by atoms with Crippen molar-refractivity contribution in [2.45, 2.75) is 63.0 Å². The molecule has 0 radical (unpaired) electrons. The summed E-state index contributed by atoms with van der Waals surface area (Å²) < 4.78 is 5.60. The van der Waals surface area contributed by atoms with E-state index in [-0.39, 0.29) is 5.54 Å². The molecule has 1 heterocycles. The third-order valence-corrected chi connectivity index (χ3v) is 5.52. The predicted octanol–water partition coefficient (Wildman–Crippen LogP) is 2.57. The molecule has 1 saturated heterocycles. The summed E-state index contributed by atoms with van der Waals surface area (Å²) in [6.07, 6.45) is 3.86. The van der Waals surface area contributed by atoms with Gasteiger partial charge in [-0.25, -0.2) is 0 Å². The van der Waals surface area contributed by atoms with Crippen LogP contribution >= 0.6 is 11.8 Å². The number of hydrogen-bond donors (Lipinski definition) is 1. The Morgan fingerprint density at radius 1 is 1.44 bits per heavy atom. The van der Waals surface area contributed by atoms with E-state index in [2.05, 4.69) is 32.2 Å². The lowest BCUT2D eigenvalue weighted by Crippen LogP contribution is -2.52. The van der Waals surface area contributed by atoms with E-state index in [0.717, 1.165) is 18.8 Å². The van der Waals surface area contributed by atoms with Crippen molar-refractivity contribution in [1.82, 2.24) is 5.32 Å². The van der Waals surface area contributed by atoms with Gasteiger partial charge in [-0.15, -0.1) is 0 Å². The Morgan fingerprint density at radius 2 is 2.17 bits per heavy atom. The van der Waals surface area contributed by atoms with Gasteiger partial charge in [0.25, 0.3) is 0 Å². The first kappa shape index (κ1) is 14.2. The second kappa shape index (κ2) is 5.81. The Balaban J connectivity index is 1.94. The third-order valence-electron chi connectivity index (χ3n) is 3.85. The molecule has 0 bridgehead atoms. The van der Waals surface area contributed by atoms with Crippen LogP contribution in [-0.2, 0) is 4.74 Å². The van der Waals surface area contributed by atoms with Gasteiger partial charge in [0.2, 0.25) is 0 Å². The highest BCUT2D eigenvalue weighted by molar-refractivity contribution is 8.00. The van der Waals surface area contributed by atoms with Gasteiger partial charge in [-0.1, -0.05) is 0 Å². The normalized spacial score (nSPS) is 31.3. The highest BCUT2D eigenvalue weighted by Crippen LogP contribution is 2.42. The summed E-state index contributed by atoms with van der Waals surface area (Å²) in [6, 6.07) is 2.94. The van der Waals surface area contributed by atoms with Crippen molar-refractivity contribution in [3.63, 3.8) is 0 Å². The van der Waals surface area contributed by atoms with Crippen LogP contribution in [0, 0.1) is 17.2 Å². The fourth-order valence-corrected chi connectivity index (χ4v) is 4.17. The summed E-state index contributed by atoms with van der Waals surface area (Å²) in [4.78, 5) is 0. The molecule has 0 amide bonds. The fraction of sp³-hybridized carbons (Fsp3) is 0.929. The summed E-state index contributed by atoms with van der Waals surface area (Å²) in [5.41, 5.74) is -0.318. The van der Waals surface area contributed by atoms with Gasteiger partial charge < -0.3 is 4.74 Å². The monoisotopic (exact) mass is 268 g/mol. The zero-order valence-electron chi connectivity index (χ0n) is 11.6. The lowest BCUT2D eigenvalue weighted by atomic mass is 9.96. The van der Waals surface area contributed by atoms with E-state index in [9.17, 15) is 5.26 Å². The molecular weight excluding hydrogens is 244 g/mol. The molecule has 0 aromatic carbocycles. The minimum absolute atomic E-state index is 0.318. The number of nitriles is 1. The van der Waals surface area contributed by atoms with E-state index < -0.39 is 0 Å². The van der Waals surface area contributed by atoms with E-state index in [4.69, 9.17) is 4.74 Å². The Morgan fingerprint density at radius 3 is 2.61 bits per heavy atom. The molecule has 1 aliphatic carbocycles. The number of nitrogens with one attached hydrogen (secondary N) is 1. The van der Waals surface area contributed by atoms with Gasteiger partial charge in [0.05, 0.1) is 12.2 Å². The van der Waals surface area contributed by atoms with E-state index in [0.29, 0.717) is 23.3 Å². The van der Waals surface area contributed by atoms with Crippen LogP contribution in [0.5, 0.6) is 0 Å².